The molecule has 3 N–H and O–H groups in total. The SMILES string of the molecule is COC1CCCCC1(CN)Nc1ccccc1C. The van der Waals surface area contributed by atoms with Crippen LogP contribution in [0, 0.1) is 6.92 Å². The Labute approximate surface area is 110 Å². The lowest BCUT2D eigenvalue weighted by Gasteiger charge is -2.44. The quantitative estimate of drug-likeness (QED) is 0.861. The van der Waals surface area contributed by atoms with Crippen LogP contribution in [0.1, 0.15) is 31.2 Å². The third kappa shape index (κ3) is 2.52. The fraction of sp³-hybridized carbons (Fsp3) is 0.600. The molecular formula is C15H24N2O. The Kier molecular flexibility index (Phi) is 4.25. The van der Waals surface area contributed by atoms with E-state index in [1.54, 1.807) is 7.11 Å². The molecule has 2 rings (SSSR count). The van der Waals surface area contributed by atoms with E-state index >= 15 is 0 Å². The number of benzene rings is 1. The van der Waals surface area contributed by atoms with Gasteiger partial charge in [0.05, 0.1) is 11.6 Å². The van der Waals surface area contributed by atoms with E-state index in [1.165, 1.54) is 24.1 Å². The number of hydrogen-bond donors (Lipinski definition) is 2. The molecule has 1 aliphatic rings. The smallest absolute Gasteiger partial charge is 0.0813 e. The van der Waals surface area contributed by atoms with Gasteiger partial charge in [-0.05, 0) is 31.4 Å². The molecule has 3 heteroatoms. The Morgan fingerprint density at radius 2 is 2.17 bits per heavy atom. The third-order valence-electron chi connectivity index (χ3n) is 4.13. The second-order valence-electron chi connectivity index (χ2n) is 5.27. The lowest BCUT2D eigenvalue weighted by atomic mass is 9.78. The van der Waals surface area contributed by atoms with Crippen LogP contribution in [0.25, 0.3) is 0 Å². The Hall–Kier alpha value is -1.06. The number of hydrogen-bond acceptors (Lipinski definition) is 3. The first-order valence-corrected chi connectivity index (χ1v) is 6.78. The molecule has 0 radical (unpaired) electrons. The topological polar surface area (TPSA) is 47.3 Å². The number of rotatable bonds is 4. The first kappa shape index (κ1) is 13.4. The molecule has 1 aromatic rings. The minimum absolute atomic E-state index is 0.112. The van der Waals surface area contributed by atoms with E-state index in [0.29, 0.717) is 6.54 Å². The second-order valence-corrected chi connectivity index (χ2v) is 5.27. The van der Waals surface area contributed by atoms with Gasteiger partial charge in [0.15, 0.2) is 0 Å². The first-order chi connectivity index (χ1) is 8.72. The molecule has 3 nitrogen and oxygen atoms in total. The van der Waals surface area contributed by atoms with E-state index in [9.17, 15) is 0 Å². The number of para-hydroxylation sites is 1. The molecule has 0 aromatic heterocycles. The zero-order chi connectivity index (χ0) is 13.0. The highest BCUT2D eigenvalue weighted by Crippen LogP contribution is 2.33. The minimum Gasteiger partial charge on any atom is -0.379 e. The Morgan fingerprint density at radius 1 is 1.39 bits per heavy atom. The molecule has 0 saturated heterocycles. The van der Waals surface area contributed by atoms with Gasteiger partial charge < -0.3 is 15.8 Å². The van der Waals surface area contributed by atoms with E-state index in [1.807, 2.05) is 0 Å². The van der Waals surface area contributed by atoms with Crippen LogP contribution >= 0.6 is 0 Å². The number of anilines is 1. The molecule has 0 spiro atoms. The molecule has 1 aliphatic carbocycles. The minimum atomic E-state index is -0.112. The van der Waals surface area contributed by atoms with Crippen molar-refractivity contribution in [1.82, 2.24) is 0 Å². The molecule has 1 aromatic carbocycles. The summed E-state index contributed by atoms with van der Waals surface area (Å²) in [6.07, 6.45) is 4.82. The predicted molar refractivity (Wildman–Crippen MR) is 75.9 cm³/mol. The summed E-state index contributed by atoms with van der Waals surface area (Å²) in [5.74, 6) is 0. The maximum Gasteiger partial charge on any atom is 0.0813 e. The summed E-state index contributed by atoms with van der Waals surface area (Å²) < 4.78 is 5.67. The summed E-state index contributed by atoms with van der Waals surface area (Å²) in [5.41, 5.74) is 8.38. The van der Waals surface area contributed by atoms with Crippen molar-refractivity contribution in [3.05, 3.63) is 29.8 Å². The van der Waals surface area contributed by atoms with Crippen molar-refractivity contribution in [2.75, 3.05) is 19.0 Å². The van der Waals surface area contributed by atoms with E-state index < -0.39 is 0 Å². The van der Waals surface area contributed by atoms with Crippen LogP contribution in [-0.4, -0.2) is 25.3 Å². The van der Waals surface area contributed by atoms with Gasteiger partial charge >= 0.3 is 0 Å². The average molecular weight is 248 g/mol. The highest BCUT2D eigenvalue weighted by molar-refractivity contribution is 5.52. The number of nitrogens with two attached hydrogens (primary N) is 1. The van der Waals surface area contributed by atoms with Crippen LogP contribution in [-0.2, 0) is 4.74 Å². The highest BCUT2D eigenvalue weighted by Gasteiger charge is 2.40. The maximum absolute atomic E-state index is 6.06. The summed E-state index contributed by atoms with van der Waals surface area (Å²) in [6.45, 7) is 2.73. The highest BCUT2D eigenvalue weighted by atomic mass is 16.5. The summed E-state index contributed by atoms with van der Waals surface area (Å²) in [4.78, 5) is 0. The van der Waals surface area contributed by atoms with Crippen LogP contribution < -0.4 is 11.1 Å². The van der Waals surface area contributed by atoms with Crippen molar-refractivity contribution in [3.8, 4) is 0 Å². The van der Waals surface area contributed by atoms with Crippen LogP contribution in [0.2, 0.25) is 0 Å². The van der Waals surface area contributed by atoms with Crippen molar-refractivity contribution in [3.63, 3.8) is 0 Å². The molecule has 18 heavy (non-hydrogen) atoms. The van der Waals surface area contributed by atoms with Gasteiger partial charge in [-0.1, -0.05) is 31.0 Å². The molecule has 0 heterocycles. The number of ether oxygens (including phenoxy) is 1. The van der Waals surface area contributed by atoms with Crippen molar-refractivity contribution in [2.24, 2.45) is 5.73 Å². The summed E-state index contributed by atoms with van der Waals surface area (Å²) in [5, 5.41) is 3.66. The summed E-state index contributed by atoms with van der Waals surface area (Å²) >= 11 is 0. The molecule has 2 atom stereocenters. The zero-order valence-electron chi connectivity index (χ0n) is 11.4. The molecule has 0 amide bonds. The van der Waals surface area contributed by atoms with Gasteiger partial charge in [0.25, 0.3) is 0 Å². The monoisotopic (exact) mass is 248 g/mol. The van der Waals surface area contributed by atoms with Gasteiger partial charge in [-0.15, -0.1) is 0 Å². The van der Waals surface area contributed by atoms with E-state index in [-0.39, 0.29) is 11.6 Å². The Morgan fingerprint density at radius 3 is 2.83 bits per heavy atom. The van der Waals surface area contributed by atoms with Gasteiger partial charge in [-0.2, -0.15) is 0 Å². The molecule has 0 aliphatic heterocycles. The lowest BCUT2D eigenvalue weighted by Crippen LogP contribution is -2.57. The van der Waals surface area contributed by atoms with Crippen molar-refractivity contribution < 1.29 is 4.74 Å². The van der Waals surface area contributed by atoms with E-state index in [4.69, 9.17) is 10.5 Å². The van der Waals surface area contributed by atoms with Gasteiger partial charge in [0.2, 0.25) is 0 Å². The summed E-state index contributed by atoms with van der Waals surface area (Å²) in [7, 11) is 1.79. The third-order valence-corrected chi connectivity index (χ3v) is 4.13. The van der Waals surface area contributed by atoms with Gasteiger partial charge in [0, 0.05) is 19.3 Å². The Balaban J connectivity index is 2.24. The van der Waals surface area contributed by atoms with Crippen molar-refractivity contribution >= 4 is 5.69 Å². The lowest BCUT2D eigenvalue weighted by molar-refractivity contribution is 0.0190. The molecule has 1 fully saturated rings. The second kappa shape index (κ2) is 5.72. The number of nitrogens with one attached hydrogen (secondary N) is 1. The van der Waals surface area contributed by atoms with Crippen molar-refractivity contribution in [2.45, 2.75) is 44.2 Å². The molecule has 1 saturated carbocycles. The summed E-state index contributed by atoms with van der Waals surface area (Å²) in [6, 6.07) is 8.36. The van der Waals surface area contributed by atoms with Gasteiger partial charge in [-0.25, -0.2) is 0 Å². The zero-order valence-corrected chi connectivity index (χ0v) is 11.4. The van der Waals surface area contributed by atoms with Crippen LogP contribution in [0.15, 0.2) is 24.3 Å². The average Bonchev–Trinajstić information content (AvgIpc) is 2.42. The predicted octanol–water partition coefficient (Wildman–Crippen LogP) is 2.69. The first-order valence-electron chi connectivity index (χ1n) is 6.78. The van der Waals surface area contributed by atoms with Gasteiger partial charge in [-0.3, -0.25) is 0 Å². The molecule has 0 bridgehead atoms. The Bertz CT molecular complexity index is 394. The molecule has 2 unspecified atom stereocenters. The molecular weight excluding hydrogens is 224 g/mol. The fourth-order valence-corrected chi connectivity index (χ4v) is 2.96. The van der Waals surface area contributed by atoms with E-state index in [2.05, 4.69) is 36.5 Å². The maximum atomic E-state index is 6.06. The van der Waals surface area contributed by atoms with Gasteiger partial charge in [0.1, 0.15) is 0 Å². The normalized spacial score (nSPS) is 28.1. The van der Waals surface area contributed by atoms with Crippen LogP contribution in [0.4, 0.5) is 5.69 Å². The molecule has 100 valence electrons. The van der Waals surface area contributed by atoms with Crippen LogP contribution in [0.3, 0.4) is 0 Å². The van der Waals surface area contributed by atoms with E-state index in [0.717, 1.165) is 12.8 Å². The van der Waals surface area contributed by atoms with Crippen LogP contribution in [0.5, 0.6) is 0 Å². The largest absolute Gasteiger partial charge is 0.379 e. The number of methoxy groups -OCH3 is 1. The standard InChI is InChI=1S/C15H24N2O/c1-12-7-3-4-8-13(12)17-15(11-16)10-6-5-9-14(15)18-2/h3-4,7-8,14,17H,5-6,9-11,16H2,1-2H3. The van der Waals surface area contributed by atoms with Crippen molar-refractivity contribution in [1.29, 1.82) is 0 Å². The fourth-order valence-electron chi connectivity index (χ4n) is 2.96. The number of aryl methyl sites for hydroxylation is 1.